The van der Waals surface area contributed by atoms with Gasteiger partial charge in [-0.2, -0.15) is 0 Å². The number of benzene rings is 1. The molecule has 25 heavy (non-hydrogen) atoms. The van der Waals surface area contributed by atoms with Crippen molar-refractivity contribution >= 4 is 35.4 Å². The number of rotatable bonds is 7. The molecule has 1 aromatic rings. The molecule has 0 aliphatic rings. The summed E-state index contributed by atoms with van der Waals surface area (Å²) < 4.78 is 4.81. The maximum Gasteiger partial charge on any atom is 0.330 e. The molecule has 11 N–H and O–H groups in total. The van der Waals surface area contributed by atoms with E-state index in [1.807, 2.05) is 0 Å². The van der Waals surface area contributed by atoms with Crippen molar-refractivity contribution in [1.82, 2.24) is 0 Å². The average Bonchev–Trinajstić information content (AvgIpc) is 2.52. The Morgan fingerprint density at radius 3 is 2.24 bits per heavy atom. The van der Waals surface area contributed by atoms with E-state index in [4.69, 9.17) is 33.4 Å². The molecule has 12 heteroatoms. The monoisotopic (exact) mass is 350 g/mol. The van der Waals surface area contributed by atoms with Crippen molar-refractivity contribution < 1.29 is 19.1 Å². The predicted molar refractivity (Wildman–Crippen MR) is 90.0 cm³/mol. The van der Waals surface area contributed by atoms with Crippen LogP contribution in [0.5, 0.6) is 0 Å². The summed E-state index contributed by atoms with van der Waals surface area (Å²) >= 11 is 0. The van der Waals surface area contributed by atoms with Crippen LogP contribution in [0.15, 0.2) is 34.3 Å². The zero-order valence-corrected chi connectivity index (χ0v) is 13.0. The van der Waals surface area contributed by atoms with E-state index in [1.54, 1.807) is 12.1 Å². The van der Waals surface area contributed by atoms with Crippen molar-refractivity contribution in [2.45, 2.75) is 6.23 Å². The van der Waals surface area contributed by atoms with Gasteiger partial charge in [-0.25, -0.2) is 14.8 Å². The molecule has 0 saturated heterocycles. The van der Waals surface area contributed by atoms with Gasteiger partial charge in [-0.1, -0.05) is 12.1 Å². The van der Waals surface area contributed by atoms with E-state index in [1.165, 1.54) is 12.1 Å². The van der Waals surface area contributed by atoms with Crippen molar-refractivity contribution in [1.29, 1.82) is 0 Å². The molecule has 1 unspecified atom stereocenters. The van der Waals surface area contributed by atoms with Crippen LogP contribution < -0.4 is 34.0 Å². The Morgan fingerprint density at radius 2 is 1.68 bits per heavy atom. The molecule has 0 aliphatic heterocycles. The highest BCUT2D eigenvalue weighted by molar-refractivity contribution is 6.04. The molecule has 1 rings (SSSR count). The molecule has 1 atom stereocenters. The second-order valence-electron chi connectivity index (χ2n) is 4.54. The van der Waals surface area contributed by atoms with Crippen LogP contribution in [0.2, 0.25) is 0 Å². The summed E-state index contributed by atoms with van der Waals surface area (Å²) in [6.45, 7) is -0.538. The van der Waals surface area contributed by atoms with Gasteiger partial charge in [-0.15, -0.1) is 0 Å². The number of para-hydroxylation sites is 1. The summed E-state index contributed by atoms with van der Waals surface area (Å²) in [4.78, 5) is 42.2. The number of anilines is 1. The van der Waals surface area contributed by atoms with Crippen LogP contribution >= 0.6 is 0 Å². The molecule has 2 amide bonds. The van der Waals surface area contributed by atoms with Crippen molar-refractivity contribution in [3.8, 4) is 0 Å². The highest BCUT2D eigenvalue weighted by Gasteiger charge is 2.24. The molecule has 12 nitrogen and oxygen atoms in total. The lowest BCUT2D eigenvalue weighted by Gasteiger charge is -2.15. The number of primary amides is 1. The van der Waals surface area contributed by atoms with E-state index in [-0.39, 0.29) is 17.2 Å². The molecule has 134 valence electrons. The molecular weight excluding hydrogens is 332 g/mol. The Morgan fingerprint density at radius 1 is 1.04 bits per heavy atom. The maximum absolute atomic E-state index is 12.3. The highest BCUT2D eigenvalue weighted by Crippen LogP contribution is 2.15. The summed E-state index contributed by atoms with van der Waals surface area (Å²) in [7, 11) is 0. The number of esters is 1. The number of hydrogen-bond acceptors (Lipinski definition) is 6. The summed E-state index contributed by atoms with van der Waals surface area (Å²) in [6.07, 6.45) is -1.72. The number of amides is 2. The number of nitrogens with two attached hydrogens (primary N) is 5. The molecule has 0 fully saturated rings. The van der Waals surface area contributed by atoms with Crippen LogP contribution in [0.4, 0.5) is 5.69 Å². The van der Waals surface area contributed by atoms with Gasteiger partial charge in [0.15, 0.2) is 11.9 Å². The van der Waals surface area contributed by atoms with Gasteiger partial charge in [-0.05, 0) is 12.1 Å². The van der Waals surface area contributed by atoms with Crippen LogP contribution in [0.1, 0.15) is 10.4 Å². The minimum Gasteiger partial charge on any atom is -0.428 e. The number of ether oxygens (including phenoxy) is 1. The molecule has 0 bridgehead atoms. The first-order valence-corrected chi connectivity index (χ1v) is 6.74. The molecule has 0 heterocycles. The summed E-state index contributed by atoms with van der Waals surface area (Å²) in [5.41, 5.74) is 26.0. The van der Waals surface area contributed by atoms with E-state index in [2.05, 4.69) is 15.3 Å². The number of hydrogen-bond donors (Lipinski definition) is 6. The first kappa shape index (κ1) is 19.2. The lowest BCUT2D eigenvalue weighted by molar-refractivity contribution is -0.152. The molecule has 0 aromatic heterocycles. The van der Waals surface area contributed by atoms with Crippen LogP contribution in [0, 0.1) is 0 Å². The zero-order valence-electron chi connectivity index (χ0n) is 13.0. The molecule has 0 spiro atoms. The quantitative estimate of drug-likeness (QED) is 0.170. The largest absolute Gasteiger partial charge is 0.428 e. The van der Waals surface area contributed by atoms with Gasteiger partial charge in [0.2, 0.25) is 0 Å². The fourth-order valence-electron chi connectivity index (χ4n) is 1.59. The molecule has 0 aliphatic carbocycles. The number of nitrogens with one attached hydrogen (secondary N) is 1. The average molecular weight is 350 g/mol. The third kappa shape index (κ3) is 6.43. The number of guanidine groups is 2. The maximum atomic E-state index is 12.3. The van der Waals surface area contributed by atoms with Gasteiger partial charge in [0.1, 0.15) is 6.54 Å². The zero-order chi connectivity index (χ0) is 19.0. The van der Waals surface area contributed by atoms with E-state index >= 15 is 0 Å². The Hall–Kier alpha value is -3.83. The molecule has 1 aromatic carbocycles. The number of carbonyl (C=O) groups excluding carboxylic acids is 3. The fraction of sp³-hybridized carbons (Fsp3) is 0.154. The highest BCUT2D eigenvalue weighted by atomic mass is 16.6. The Kier molecular flexibility index (Phi) is 6.70. The van der Waals surface area contributed by atoms with Crippen molar-refractivity contribution in [2.75, 3.05) is 11.9 Å². The van der Waals surface area contributed by atoms with Crippen molar-refractivity contribution in [2.24, 2.45) is 38.7 Å². The SMILES string of the molecule is NC(=O)c1ccccc1NC(=O)C(N=C(N)N)OC(=O)CN=C(N)N. The van der Waals surface area contributed by atoms with Gasteiger partial charge in [0.25, 0.3) is 18.0 Å². The fourth-order valence-corrected chi connectivity index (χ4v) is 1.59. The smallest absolute Gasteiger partial charge is 0.330 e. The third-order valence-corrected chi connectivity index (χ3v) is 2.57. The molecule has 0 saturated carbocycles. The lowest BCUT2D eigenvalue weighted by atomic mass is 10.1. The Bertz CT molecular complexity index is 722. The van der Waals surface area contributed by atoms with Crippen molar-refractivity contribution in [3.05, 3.63) is 29.8 Å². The number of aliphatic imine (C=N–C) groups is 2. The van der Waals surface area contributed by atoms with E-state index < -0.39 is 36.5 Å². The van der Waals surface area contributed by atoms with Gasteiger partial charge >= 0.3 is 5.97 Å². The second kappa shape index (κ2) is 8.71. The lowest BCUT2D eigenvalue weighted by Crippen LogP contribution is -2.36. The van der Waals surface area contributed by atoms with Crippen LogP contribution in [-0.2, 0) is 14.3 Å². The van der Waals surface area contributed by atoms with Crippen LogP contribution in [0.25, 0.3) is 0 Å². The van der Waals surface area contributed by atoms with Crippen LogP contribution in [-0.4, -0.2) is 42.5 Å². The molecular formula is C13H18N8O4. The topological polar surface area (TPSA) is 227 Å². The van der Waals surface area contributed by atoms with Gasteiger partial charge in [-0.3, -0.25) is 9.59 Å². The van der Waals surface area contributed by atoms with Crippen LogP contribution in [0.3, 0.4) is 0 Å². The van der Waals surface area contributed by atoms with E-state index in [9.17, 15) is 14.4 Å². The number of nitrogens with zero attached hydrogens (tertiary/aromatic N) is 2. The molecule has 0 radical (unpaired) electrons. The van der Waals surface area contributed by atoms with E-state index in [0.717, 1.165) is 0 Å². The minimum atomic E-state index is -1.72. The van der Waals surface area contributed by atoms with Crippen molar-refractivity contribution in [3.63, 3.8) is 0 Å². The first-order valence-electron chi connectivity index (χ1n) is 6.74. The Labute approximate surface area is 142 Å². The van der Waals surface area contributed by atoms with Gasteiger partial charge < -0.3 is 38.7 Å². The third-order valence-electron chi connectivity index (χ3n) is 2.57. The Balaban J connectivity index is 2.95. The standard InChI is InChI=1S/C13H18N8O4/c14-9(23)6-3-1-2-4-7(6)20-10(24)11(21-13(17)18)25-8(22)5-19-12(15)16/h1-4,11H,5H2,(H2,14,23)(H,20,24)(H4,15,16,19)(H4,17,18,21). The van der Waals surface area contributed by atoms with Gasteiger partial charge in [0.05, 0.1) is 11.3 Å². The summed E-state index contributed by atoms with van der Waals surface area (Å²) in [5.74, 6) is -3.48. The summed E-state index contributed by atoms with van der Waals surface area (Å²) in [6, 6.07) is 5.94. The van der Waals surface area contributed by atoms with E-state index in [0.29, 0.717) is 0 Å². The minimum absolute atomic E-state index is 0.0473. The number of carbonyl (C=O) groups is 3. The van der Waals surface area contributed by atoms with Gasteiger partial charge in [0, 0.05) is 0 Å². The summed E-state index contributed by atoms with van der Waals surface area (Å²) in [5, 5.41) is 2.35. The first-order chi connectivity index (χ1) is 11.7. The predicted octanol–water partition coefficient (Wildman–Crippen LogP) is -2.86. The normalized spacial score (nSPS) is 10.9. The second-order valence-corrected chi connectivity index (χ2v) is 4.54.